The average molecular weight is 278 g/mol. The number of aryl methyl sites for hydroxylation is 1. The van der Waals surface area contributed by atoms with Crippen molar-refractivity contribution in [2.45, 2.75) is 52.1 Å². The third kappa shape index (κ3) is 3.49. The smallest absolute Gasteiger partial charge is 0.255 e. The maximum Gasteiger partial charge on any atom is 0.255 e. The third-order valence-electron chi connectivity index (χ3n) is 3.90. The summed E-state index contributed by atoms with van der Waals surface area (Å²) in [6, 6.07) is 2.13. The van der Waals surface area contributed by atoms with E-state index in [0.29, 0.717) is 13.2 Å². The van der Waals surface area contributed by atoms with Crippen LogP contribution in [0.5, 0.6) is 0 Å². The summed E-state index contributed by atoms with van der Waals surface area (Å²) in [6.07, 6.45) is 5.31. The summed E-state index contributed by atoms with van der Waals surface area (Å²) in [5.41, 5.74) is 3.72. The molecule has 0 unspecified atom stereocenters. The Morgan fingerprint density at radius 1 is 1.40 bits per heavy atom. The van der Waals surface area contributed by atoms with Gasteiger partial charge in [0.1, 0.15) is 0 Å². The van der Waals surface area contributed by atoms with Gasteiger partial charge in [-0.25, -0.2) is 0 Å². The first-order valence-corrected chi connectivity index (χ1v) is 7.72. The minimum absolute atomic E-state index is 0.186. The molecule has 0 bridgehead atoms. The van der Waals surface area contributed by atoms with Crippen molar-refractivity contribution in [2.24, 2.45) is 0 Å². The Bertz CT molecular complexity index is 494. The van der Waals surface area contributed by atoms with Crippen molar-refractivity contribution in [1.29, 1.82) is 0 Å². The molecular weight excluding hydrogens is 252 g/mol. The number of nitrogens with one attached hydrogen (secondary N) is 1. The number of hydrogen-bond donors (Lipinski definition) is 1. The monoisotopic (exact) mass is 278 g/mol. The standard InChI is InChI=1S/C16H26N2O2/c1-3-8-17-12-14-11-13-6-4-7-15(13)18(16(14)19)9-5-10-20-2/h11,17H,3-10,12H2,1-2H3. The lowest BCUT2D eigenvalue weighted by molar-refractivity contribution is 0.189. The normalized spacial score (nSPS) is 13.7. The van der Waals surface area contributed by atoms with Crippen molar-refractivity contribution in [2.75, 3.05) is 20.3 Å². The number of hydrogen-bond acceptors (Lipinski definition) is 3. The number of aromatic nitrogens is 1. The molecule has 2 rings (SSSR count). The van der Waals surface area contributed by atoms with E-state index in [-0.39, 0.29) is 5.56 Å². The van der Waals surface area contributed by atoms with E-state index in [1.807, 2.05) is 4.57 Å². The molecule has 1 aliphatic rings. The number of pyridine rings is 1. The fourth-order valence-electron chi connectivity index (χ4n) is 2.91. The molecule has 0 saturated carbocycles. The Labute approximate surface area is 121 Å². The minimum atomic E-state index is 0.186. The van der Waals surface area contributed by atoms with Crippen LogP contribution in [0.25, 0.3) is 0 Å². The summed E-state index contributed by atoms with van der Waals surface area (Å²) >= 11 is 0. The first-order valence-electron chi connectivity index (χ1n) is 7.72. The molecule has 0 amide bonds. The van der Waals surface area contributed by atoms with Gasteiger partial charge >= 0.3 is 0 Å². The van der Waals surface area contributed by atoms with E-state index in [4.69, 9.17) is 4.74 Å². The molecular formula is C16H26N2O2. The minimum Gasteiger partial charge on any atom is -0.385 e. The van der Waals surface area contributed by atoms with Crippen LogP contribution >= 0.6 is 0 Å². The Morgan fingerprint density at radius 2 is 2.25 bits per heavy atom. The molecule has 4 nitrogen and oxygen atoms in total. The van der Waals surface area contributed by atoms with Gasteiger partial charge in [0.25, 0.3) is 5.56 Å². The lowest BCUT2D eigenvalue weighted by Gasteiger charge is -2.15. The summed E-state index contributed by atoms with van der Waals surface area (Å²) in [6.45, 7) is 5.26. The third-order valence-corrected chi connectivity index (χ3v) is 3.90. The molecule has 20 heavy (non-hydrogen) atoms. The Balaban J connectivity index is 2.21. The van der Waals surface area contributed by atoms with Gasteiger partial charge in [-0.3, -0.25) is 4.79 Å². The Kier molecular flexibility index (Phi) is 5.80. The fraction of sp³-hybridized carbons (Fsp3) is 0.688. The van der Waals surface area contributed by atoms with Gasteiger partial charge in [0.2, 0.25) is 0 Å². The van der Waals surface area contributed by atoms with Crippen LogP contribution < -0.4 is 10.9 Å². The second kappa shape index (κ2) is 7.60. The highest BCUT2D eigenvalue weighted by molar-refractivity contribution is 5.30. The van der Waals surface area contributed by atoms with Crippen LogP contribution in [-0.2, 0) is 30.7 Å². The summed E-state index contributed by atoms with van der Waals surface area (Å²) in [4.78, 5) is 12.6. The largest absolute Gasteiger partial charge is 0.385 e. The second-order valence-electron chi connectivity index (χ2n) is 5.47. The van der Waals surface area contributed by atoms with Crippen molar-refractivity contribution < 1.29 is 4.74 Å². The van der Waals surface area contributed by atoms with E-state index in [1.165, 1.54) is 17.7 Å². The van der Waals surface area contributed by atoms with Gasteiger partial charge in [-0.2, -0.15) is 0 Å². The van der Waals surface area contributed by atoms with Gasteiger partial charge in [0, 0.05) is 38.1 Å². The van der Waals surface area contributed by atoms with Gasteiger partial charge in [-0.15, -0.1) is 0 Å². The number of ether oxygens (including phenoxy) is 1. The van der Waals surface area contributed by atoms with Crippen molar-refractivity contribution in [1.82, 2.24) is 9.88 Å². The fourth-order valence-corrected chi connectivity index (χ4v) is 2.91. The van der Waals surface area contributed by atoms with Crippen molar-refractivity contribution >= 4 is 0 Å². The van der Waals surface area contributed by atoms with Crippen LogP contribution in [0.1, 0.15) is 43.0 Å². The summed E-state index contributed by atoms with van der Waals surface area (Å²) in [7, 11) is 1.71. The van der Waals surface area contributed by atoms with Gasteiger partial charge in [0.15, 0.2) is 0 Å². The zero-order valence-corrected chi connectivity index (χ0v) is 12.7. The topological polar surface area (TPSA) is 43.3 Å². The van der Waals surface area contributed by atoms with Gasteiger partial charge in [-0.05, 0) is 50.3 Å². The van der Waals surface area contributed by atoms with Crippen LogP contribution in [0.4, 0.5) is 0 Å². The van der Waals surface area contributed by atoms with Crippen molar-refractivity contribution in [3.63, 3.8) is 0 Å². The number of methoxy groups -OCH3 is 1. The highest BCUT2D eigenvalue weighted by Crippen LogP contribution is 2.21. The van der Waals surface area contributed by atoms with Crippen LogP contribution in [-0.4, -0.2) is 24.8 Å². The molecule has 112 valence electrons. The molecule has 0 fully saturated rings. The zero-order valence-electron chi connectivity index (χ0n) is 12.7. The Hall–Kier alpha value is -1.13. The van der Waals surface area contributed by atoms with E-state index in [0.717, 1.165) is 44.3 Å². The predicted octanol–water partition coefficient (Wildman–Crippen LogP) is 1.87. The SMILES string of the molecule is CCCNCc1cc2c(n(CCCOC)c1=O)CCC2. The van der Waals surface area contributed by atoms with E-state index in [1.54, 1.807) is 7.11 Å². The van der Waals surface area contributed by atoms with Crippen LogP contribution in [0.3, 0.4) is 0 Å². The highest BCUT2D eigenvalue weighted by atomic mass is 16.5. The molecule has 1 N–H and O–H groups in total. The number of rotatable bonds is 8. The molecule has 0 spiro atoms. The maximum atomic E-state index is 12.6. The number of nitrogens with zero attached hydrogens (tertiary/aromatic N) is 1. The second-order valence-corrected chi connectivity index (χ2v) is 5.47. The van der Waals surface area contributed by atoms with Gasteiger partial charge in [-0.1, -0.05) is 6.92 Å². The maximum absolute atomic E-state index is 12.6. The van der Waals surface area contributed by atoms with Crippen LogP contribution in [0.15, 0.2) is 10.9 Å². The van der Waals surface area contributed by atoms with Crippen LogP contribution in [0, 0.1) is 0 Å². The zero-order chi connectivity index (χ0) is 14.4. The van der Waals surface area contributed by atoms with E-state index < -0.39 is 0 Å². The van der Waals surface area contributed by atoms with E-state index in [2.05, 4.69) is 18.3 Å². The molecule has 1 heterocycles. The van der Waals surface area contributed by atoms with Gasteiger partial charge < -0.3 is 14.6 Å². The van der Waals surface area contributed by atoms with E-state index >= 15 is 0 Å². The average Bonchev–Trinajstić information content (AvgIpc) is 2.90. The van der Waals surface area contributed by atoms with Crippen molar-refractivity contribution in [3.05, 3.63) is 33.2 Å². The molecule has 0 radical (unpaired) electrons. The predicted molar refractivity (Wildman–Crippen MR) is 81.2 cm³/mol. The first kappa shape index (κ1) is 15.3. The first-order chi connectivity index (χ1) is 9.77. The summed E-state index contributed by atoms with van der Waals surface area (Å²) in [5, 5.41) is 3.34. The van der Waals surface area contributed by atoms with E-state index in [9.17, 15) is 4.79 Å². The summed E-state index contributed by atoms with van der Waals surface area (Å²) in [5.74, 6) is 0. The summed E-state index contributed by atoms with van der Waals surface area (Å²) < 4.78 is 7.10. The molecule has 1 aromatic rings. The molecule has 0 saturated heterocycles. The quantitative estimate of drug-likeness (QED) is 0.738. The lowest BCUT2D eigenvalue weighted by atomic mass is 10.1. The molecule has 0 aromatic carbocycles. The van der Waals surface area contributed by atoms with Crippen LogP contribution in [0.2, 0.25) is 0 Å². The molecule has 1 aliphatic carbocycles. The Morgan fingerprint density at radius 3 is 3.00 bits per heavy atom. The van der Waals surface area contributed by atoms with Gasteiger partial charge in [0.05, 0.1) is 0 Å². The lowest BCUT2D eigenvalue weighted by Crippen LogP contribution is -2.30. The highest BCUT2D eigenvalue weighted by Gasteiger charge is 2.18. The molecule has 4 heteroatoms. The molecule has 1 aromatic heterocycles. The molecule has 0 aliphatic heterocycles. The van der Waals surface area contributed by atoms with Crippen molar-refractivity contribution in [3.8, 4) is 0 Å². The molecule has 0 atom stereocenters. The number of fused-ring (bicyclic) bond motifs is 1.